The molecule has 4 nitrogen and oxygen atoms in total. The van der Waals surface area contributed by atoms with E-state index in [1.807, 2.05) is 0 Å². The molecule has 0 aliphatic carbocycles. The molecule has 0 radical (unpaired) electrons. The summed E-state index contributed by atoms with van der Waals surface area (Å²) in [5.74, 6) is -0.913. The molecule has 74 valence electrons. The molecule has 14 heavy (non-hydrogen) atoms. The minimum Gasteiger partial charge on any atom is -0.478 e. The Morgan fingerprint density at radius 1 is 1.71 bits per heavy atom. The normalized spacial score (nSPS) is 11.4. The number of hydrogen-bond donors (Lipinski definition) is 2. The number of carboxylic acids is 1. The second-order valence-electron chi connectivity index (χ2n) is 2.83. The van der Waals surface area contributed by atoms with Crippen molar-refractivity contribution in [2.75, 3.05) is 5.73 Å². The van der Waals surface area contributed by atoms with E-state index in [4.69, 9.17) is 10.8 Å². The van der Waals surface area contributed by atoms with Gasteiger partial charge in [0.2, 0.25) is 0 Å². The number of pyridine rings is 1. The number of nitrogens with two attached hydrogens (primary N) is 1. The van der Waals surface area contributed by atoms with Gasteiger partial charge in [0.25, 0.3) is 0 Å². The van der Waals surface area contributed by atoms with Crippen molar-refractivity contribution in [1.29, 1.82) is 0 Å². The molecular weight excluding hydrogens is 180 g/mol. The monoisotopic (exact) mass is 192 g/mol. The van der Waals surface area contributed by atoms with Crippen molar-refractivity contribution in [2.24, 2.45) is 0 Å². The van der Waals surface area contributed by atoms with E-state index in [0.29, 0.717) is 23.2 Å². The number of anilines is 1. The standard InChI is InChI=1S/C10H12N2O2/c1-2-7(10(13)14)5-8-3-4-12-6-9(8)11/h3-6H,2,11H2,1H3,(H,13,14)/b7-5-. The Hall–Kier alpha value is -1.84. The molecule has 0 aliphatic rings. The molecule has 0 spiro atoms. The largest absolute Gasteiger partial charge is 0.478 e. The van der Waals surface area contributed by atoms with Crippen LogP contribution in [0.25, 0.3) is 6.08 Å². The zero-order valence-electron chi connectivity index (χ0n) is 7.90. The number of nitrogen functional groups attached to an aromatic ring is 1. The summed E-state index contributed by atoms with van der Waals surface area (Å²) in [5, 5.41) is 8.80. The van der Waals surface area contributed by atoms with Crippen LogP contribution in [0.2, 0.25) is 0 Å². The molecular formula is C10H12N2O2. The lowest BCUT2D eigenvalue weighted by Gasteiger charge is -2.01. The van der Waals surface area contributed by atoms with E-state index in [1.165, 1.54) is 6.20 Å². The molecule has 0 saturated carbocycles. The van der Waals surface area contributed by atoms with Crippen LogP contribution in [0.1, 0.15) is 18.9 Å². The van der Waals surface area contributed by atoms with Gasteiger partial charge in [-0.1, -0.05) is 6.92 Å². The molecule has 4 heteroatoms. The minimum atomic E-state index is -0.913. The predicted molar refractivity (Wildman–Crippen MR) is 54.6 cm³/mol. The maximum absolute atomic E-state index is 10.7. The summed E-state index contributed by atoms with van der Waals surface area (Å²) >= 11 is 0. The number of aliphatic carboxylic acids is 1. The smallest absolute Gasteiger partial charge is 0.331 e. The van der Waals surface area contributed by atoms with Gasteiger partial charge in [0.05, 0.1) is 11.9 Å². The first kappa shape index (κ1) is 10.2. The third-order valence-corrected chi connectivity index (χ3v) is 1.87. The molecule has 0 unspecified atom stereocenters. The highest BCUT2D eigenvalue weighted by atomic mass is 16.4. The molecule has 0 aromatic carbocycles. The first-order valence-corrected chi connectivity index (χ1v) is 4.28. The highest BCUT2D eigenvalue weighted by Gasteiger charge is 2.05. The van der Waals surface area contributed by atoms with Crippen molar-refractivity contribution < 1.29 is 9.90 Å². The van der Waals surface area contributed by atoms with Gasteiger partial charge in [-0.25, -0.2) is 4.79 Å². The van der Waals surface area contributed by atoms with Crippen LogP contribution < -0.4 is 5.73 Å². The van der Waals surface area contributed by atoms with Crippen LogP contribution >= 0.6 is 0 Å². The maximum atomic E-state index is 10.7. The Morgan fingerprint density at radius 3 is 2.93 bits per heavy atom. The number of hydrogen-bond acceptors (Lipinski definition) is 3. The topological polar surface area (TPSA) is 76.2 Å². The molecule has 0 fully saturated rings. The van der Waals surface area contributed by atoms with Crippen molar-refractivity contribution in [2.45, 2.75) is 13.3 Å². The average molecular weight is 192 g/mol. The van der Waals surface area contributed by atoms with Crippen molar-refractivity contribution in [3.05, 3.63) is 29.6 Å². The van der Waals surface area contributed by atoms with Crippen LogP contribution in [-0.4, -0.2) is 16.1 Å². The van der Waals surface area contributed by atoms with Gasteiger partial charge in [-0.15, -0.1) is 0 Å². The van der Waals surface area contributed by atoms with Gasteiger partial charge in [-0.05, 0) is 18.6 Å². The second kappa shape index (κ2) is 4.41. The zero-order valence-corrected chi connectivity index (χ0v) is 7.90. The summed E-state index contributed by atoms with van der Waals surface area (Å²) in [6.45, 7) is 1.79. The van der Waals surface area contributed by atoms with E-state index in [9.17, 15) is 4.79 Å². The summed E-state index contributed by atoms with van der Waals surface area (Å²) in [6, 6.07) is 1.69. The van der Waals surface area contributed by atoms with Crippen LogP contribution in [0.4, 0.5) is 5.69 Å². The minimum absolute atomic E-state index is 0.336. The maximum Gasteiger partial charge on any atom is 0.331 e. The van der Waals surface area contributed by atoms with E-state index >= 15 is 0 Å². The van der Waals surface area contributed by atoms with Crippen LogP contribution in [-0.2, 0) is 4.79 Å². The number of aromatic nitrogens is 1. The summed E-state index contributed by atoms with van der Waals surface area (Å²) < 4.78 is 0. The predicted octanol–water partition coefficient (Wildman–Crippen LogP) is 1.54. The molecule has 1 aromatic rings. The van der Waals surface area contributed by atoms with E-state index < -0.39 is 5.97 Å². The van der Waals surface area contributed by atoms with Crippen molar-refractivity contribution in [3.8, 4) is 0 Å². The number of nitrogens with zero attached hydrogens (tertiary/aromatic N) is 1. The van der Waals surface area contributed by atoms with Gasteiger partial charge in [-0.3, -0.25) is 4.98 Å². The van der Waals surface area contributed by atoms with Crippen molar-refractivity contribution in [3.63, 3.8) is 0 Å². The Balaban J connectivity index is 3.07. The Bertz CT molecular complexity index is 372. The van der Waals surface area contributed by atoms with Crippen LogP contribution in [0.3, 0.4) is 0 Å². The van der Waals surface area contributed by atoms with Gasteiger partial charge in [0.15, 0.2) is 0 Å². The molecule has 1 rings (SSSR count). The second-order valence-corrected chi connectivity index (χ2v) is 2.83. The van der Waals surface area contributed by atoms with E-state index in [2.05, 4.69) is 4.98 Å². The quantitative estimate of drug-likeness (QED) is 0.712. The molecule has 0 bridgehead atoms. The van der Waals surface area contributed by atoms with Crippen molar-refractivity contribution >= 4 is 17.7 Å². The van der Waals surface area contributed by atoms with Gasteiger partial charge in [-0.2, -0.15) is 0 Å². The summed E-state index contributed by atoms with van der Waals surface area (Å²) in [7, 11) is 0. The Kier molecular flexibility index (Phi) is 3.23. The molecule has 1 aromatic heterocycles. The number of carbonyl (C=O) groups is 1. The Labute approximate surface area is 82.1 Å². The van der Waals surface area contributed by atoms with E-state index in [1.54, 1.807) is 25.3 Å². The summed E-state index contributed by atoms with van der Waals surface area (Å²) in [6.07, 6.45) is 5.12. The Morgan fingerprint density at radius 2 is 2.43 bits per heavy atom. The molecule has 0 saturated heterocycles. The van der Waals surface area contributed by atoms with Gasteiger partial charge < -0.3 is 10.8 Å². The average Bonchev–Trinajstić information content (AvgIpc) is 2.16. The van der Waals surface area contributed by atoms with Gasteiger partial charge in [0, 0.05) is 17.3 Å². The third kappa shape index (κ3) is 2.32. The van der Waals surface area contributed by atoms with Crippen LogP contribution in [0.5, 0.6) is 0 Å². The highest BCUT2D eigenvalue weighted by molar-refractivity contribution is 5.92. The molecule has 3 N–H and O–H groups in total. The van der Waals surface area contributed by atoms with Crippen LogP contribution in [0.15, 0.2) is 24.0 Å². The van der Waals surface area contributed by atoms with Crippen LogP contribution in [0, 0.1) is 0 Å². The molecule has 0 atom stereocenters. The number of rotatable bonds is 3. The molecule has 0 amide bonds. The zero-order chi connectivity index (χ0) is 10.6. The fourth-order valence-corrected chi connectivity index (χ4v) is 1.05. The van der Waals surface area contributed by atoms with Gasteiger partial charge in [0.1, 0.15) is 0 Å². The third-order valence-electron chi connectivity index (χ3n) is 1.87. The van der Waals surface area contributed by atoms with Gasteiger partial charge >= 0.3 is 5.97 Å². The lowest BCUT2D eigenvalue weighted by molar-refractivity contribution is -0.132. The van der Waals surface area contributed by atoms with E-state index in [-0.39, 0.29) is 0 Å². The first-order valence-electron chi connectivity index (χ1n) is 4.28. The summed E-state index contributed by atoms with van der Waals surface area (Å²) in [4.78, 5) is 14.5. The lowest BCUT2D eigenvalue weighted by atomic mass is 10.1. The fraction of sp³-hybridized carbons (Fsp3) is 0.200. The first-order chi connectivity index (χ1) is 6.65. The molecule has 1 heterocycles. The van der Waals surface area contributed by atoms with E-state index in [0.717, 1.165) is 0 Å². The fourth-order valence-electron chi connectivity index (χ4n) is 1.05. The highest BCUT2D eigenvalue weighted by Crippen LogP contribution is 2.15. The number of carboxylic acid groups (broad SMARTS) is 1. The summed E-state index contributed by atoms with van der Waals surface area (Å²) in [5.41, 5.74) is 7.14. The van der Waals surface area contributed by atoms with Crippen molar-refractivity contribution in [1.82, 2.24) is 4.98 Å². The molecule has 0 aliphatic heterocycles. The lowest BCUT2D eigenvalue weighted by Crippen LogP contribution is -1.99. The SMILES string of the molecule is CC/C(=C/c1ccncc1N)C(=O)O.